The Kier molecular flexibility index (Phi) is 4.93. The first kappa shape index (κ1) is 18.3. The highest BCUT2D eigenvalue weighted by Gasteiger charge is 2.15. The third kappa shape index (κ3) is 3.81. The minimum atomic E-state index is -0.301. The van der Waals surface area contributed by atoms with Crippen molar-refractivity contribution in [2.75, 3.05) is 5.43 Å². The molecule has 3 aromatic heterocycles. The Hall–Kier alpha value is -3.03. The van der Waals surface area contributed by atoms with Crippen molar-refractivity contribution in [1.29, 1.82) is 0 Å². The van der Waals surface area contributed by atoms with Crippen LogP contribution < -0.4 is 10.9 Å². The number of aromatic nitrogens is 3. The number of halogens is 1. The lowest BCUT2D eigenvalue weighted by atomic mass is 10.1. The van der Waals surface area contributed by atoms with E-state index in [0.717, 1.165) is 27.2 Å². The number of aryl methyl sites for hydroxylation is 2. The summed E-state index contributed by atoms with van der Waals surface area (Å²) < 4.78 is 0.671. The minimum Gasteiger partial charge on any atom is -0.267 e. The van der Waals surface area contributed by atoms with Gasteiger partial charge in [-0.25, -0.2) is 15.0 Å². The number of nitrogens with one attached hydrogen (secondary N) is 2. The zero-order valence-corrected chi connectivity index (χ0v) is 16.7. The Labute approximate surface area is 170 Å². The van der Waals surface area contributed by atoms with Gasteiger partial charge < -0.3 is 0 Å². The fraction of sp³-hybridized carbons (Fsp3) is 0.100. The zero-order valence-electron chi connectivity index (χ0n) is 15.2. The third-order valence-electron chi connectivity index (χ3n) is 4.06. The van der Waals surface area contributed by atoms with Crippen molar-refractivity contribution in [3.8, 4) is 10.6 Å². The molecule has 3 heterocycles. The Bertz CT molecular complexity index is 1170. The lowest BCUT2D eigenvalue weighted by Crippen LogP contribution is -2.30. The Morgan fingerprint density at radius 2 is 1.75 bits per heavy atom. The van der Waals surface area contributed by atoms with Gasteiger partial charge in [-0.05, 0) is 44.2 Å². The van der Waals surface area contributed by atoms with E-state index < -0.39 is 0 Å². The van der Waals surface area contributed by atoms with Crippen LogP contribution in [0.5, 0.6) is 0 Å². The molecule has 0 saturated carbocycles. The van der Waals surface area contributed by atoms with Crippen LogP contribution in [-0.2, 0) is 0 Å². The first-order valence-electron chi connectivity index (χ1n) is 8.54. The molecule has 0 radical (unpaired) electrons. The van der Waals surface area contributed by atoms with E-state index in [2.05, 4.69) is 25.8 Å². The molecule has 0 aliphatic heterocycles. The first-order valence-corrected chi connectivity index (χ1v) is 9.73. The molecule has 1 amide bonds. The molecule has 4 rings (SSSR count). The highest BCUT2D eigenvalue weighted by molar-refractivity contribution is 7.19. The monoisotopic (exact) mass is 409 g/mol. The van der Waals surface area contributed by atoms with Crippen LogP contribution in [0, 0.1) is 13.8 Å². The highest BCUT2D eigenvalue weighted by atomic mass is 35.5. The number of nitrogens with zero attached hydrogens (tertiary/aromatic N) is 3. The standard InChI is InChI=1S/C20H16ClN5OS/c1-11-9-12(2)23-20(22-11)26-25-19(27)14-10-16(17-7-8-18(21)28-17)24-15-6-4-3-5-13(14)15/h3-10H,1-2H3,(H,25,27)(H,22,23,26). The van der Waals surface area contributed by atoms with Gasteiger partial charge in [0.1, 0.15) is 0 Å². The number of benzene rings is 1. The third-order valence-corrected chi connectivity index (χ3v) is 5.31. The van der Waals surface area contributed by atoms with Crippen LogP contribution in [0.2, 0.25) is 4.34 Å². The van der Waals surface area contributed by atoms with Gasteiger partial charge in [0.05, 0.1) is 26.0 Å². The second-order valence-electron chi connectivity index (χ2n) is 6.23. The molecule has 28 heavy (non-hydrogen) atoms. The maximum absolute atomic E-state index is 12.9. The van der Waals surface area contributed by atoms with E-state index in [1.807, 2.05) is 56.3 Å². The highest BCUT2D eigenvalue weighted by Crippen LogP contribution is 2.32. The molecule has 0 fully saturated rings. The summed E-state index contributed by atoms with van der Waals surface area (Å²) in [6.45, 7) is 3.74. The lowest BCUT2D eigenvalue weighted by Gasteiger charge is -2.11. The van der Waals surface area contributed by atoms with Crippen molar-refractivity contribution in [2.45, 2.75) is 13.8 Å². The van der Waals surface area contributed by atoms with Crippen molar-refractivity contribution in [2.24, 2.45) is 0 Å². The van der Waals surface area contributed by atoms with Crippen LogP contribution in [0.15, 0.2) is 48.5 Å². The SMILES string of the molecule is Cc1cc(C)nc(NNC(=O)c2cc(-c3ccc(Cl)s3)nc3ccccc23)n1. The summed E-state index contributed by atoms with van der Waals surface area (Å²) in [6.07, 6.45) is 0. The summed E-state index contributed by atoms with van der Waals surface area (Å²) in [5.41, 5.74) is 9.04. The number of carbonyl (C=O) groups is 1. The van der Waals surface area contributed by atoms with E-state index in [1.54, 1.807) is 6.07 Å². The number of rotatable bonds is 4. The van der Waals surface area contributed by atoms with Crippen molar-refractivity contribution in [3.05, 3.63) is 69.8 Å². The maximum Gasteiger partial charge on any atom is 0.270 e. The van der Waals surface area contributed by atoms with Crippen LogP contribution in [0.1, 0.15) is 21.7 Å². The number of thiophene rings is 1. The quantitative estimate of drug-likeness (QED) is 0.474. The Morgan fingerprint density at radius 3 is 2.46 bits per heavy atom. The van der Waals surface area contributed by atoms with Gasteiger partial charge in [-0.2, -0.15) is 0 Å². The molecular weight excluding hydrogens is 394 g/mol. The number of hydrogen-bond acceptors (Lipinski definition) is 6. The number of hydrogen-bond donors (Lipinski definition) is 2. The predicted molar refractivity (Wildman–Crippen MR) is 113 cm³/mol. The van der Waals surface area contributed by atoms with Gasteiger partial charge in [0.2, 0.25) is 5.95 Å². The number of hydrazine groups is 1. The number of pyridine rings is 1. The van der Waals surface area contributed by atoms with Crippen molar-refractivity contribution >= 4 is 45.7 Å². The molecule has 6 nitrogen and oxygen atoms in total. The molecule has 0 aliphatic carbocycles. The molecule has 0 aliphatic rings. The van der Waals surface area contributed by atoms with Crippen LogP contribution in [0.4, 0.5) is 5.95 Å². The van der Waals surface area contributed by atoms with E-state index in [0.29, 0.717) is 21.5 Å². The predicted octanol–water partition coefficient (Wildman–Crippen LogP) is 4.78. The molecule has 140 valence electrons. The zero-order chi connectivity index (χ0) is 19.7. The molecule has 2 N–H and O–H groups in total. The van der Waals surface area contributed by atoms with Gasteiger partial charge >= 0.3 is 0 Å². The number of fused-ring (bicyclic) bond motifs is 1. The Balaban J connectivity index is 1.69. The first-order chi connectivity index (χ1) is 13.5. The number of para-hydroxylation sites is 1. The lowest BCUT2D eigenvalue weighted by molar-refractivity contribution is 0.0964. The molecule has 1 aromatic carbocycles. The average molecular weight is 410 g/mol. The minimum absolute atomic E-state index is 0.301. The number of anilines is 1. The second kappa shape index (κ2) is 7.53. The number of carbonyl (C=O) groups excluding carboxylic acids is 1. The van der Waals surface area contributed by atoms with E-state index in [-0.39, 0.29) is 5.91 Å². The van der Waals surface area contributed by atoms with E-state index in [4.69, 9.17) is 11.6 Å². The fourth-order valence-electron chi connectivity index (χ4n) is 2.90. The topological polar surface area (TPSA) is 79.8 Å². The molecule has 4 aromatic rings. The second-order valence-corrected chi connectivity index (χ2v) is 7.94. The van der Waals surface area contributed by atoms with E-state index in [9.17, 15) is 4.79 Å². The smallest absolute Gasteiger partial charge is 0.267 e. The van der Waals surface area contributed by atoms with E-state index >= 15 is 0 Å². The molecule has 8 heteroatoms. The summed E-state index contributed by atoms with van der Waals surface area (Å²) in [5.74, 6) is 0.0414. The van der Waals surface area contributed by atoms with Crippen LogP contribution in [0.3, 0.4) is 0 Å². The Morgan fingerprint density at radius 1 is 1.00 bits per heavy atom. The fourth-order valence-corrected chi connectivity index (χ4v) is 3.91. The van der Waals surface area contributed by atoms with Gasteiger partial charge in [-0.1, -0.05) is 29.8 Å². The van der Waals surface area contributed by atoms with Gasteiger partial charge in [-0.3, -0.25) is 15.6 Å². The van der Waals surface area contributed by atoms with Crippen LogP contribution >= 0.6 is 22.9 Å². The molecule has 0 atom stereocenters. The summed E-state index contributed by atoms with van der Waals surface area (Å²) in [4.78, 5) is 27.0. The maximum atomic E-state index is 12.9. The molecule has 0 bridgehead atoms. The largest absolute Gasteiger partial charge is 0.270 e. The average Bonchev–Trinajstić information content (AvgIpc) is 3.11. The van der Waals surface area contributed by atoms with Gasteiger partial charge in [0.15, 0.2) is 0 Å². The normalized spacial score (nSPS) is 10.8. The van der Waals surface area contributed by atoms with Gasteiger partial charge in [-0.15, -0.1) is 11.3 Å². The summed E-state index contributed by atoms with van der Waals surface area (Å²) in [5, 5.41) is 0.759. The van der Waals surface area contributed by atoms with Gasteiger partial charge in [0.25, 0.3) is 5.91 Å². The molecule has 0 unspecified atom stereocenters. The van der Waals surface area contributed by atoms with Crippen molar-refractivity contribution in [1.82, 2.24) is 20.4 Å². The van der Waals surface area contributed by atoms with Crippen LogP contribution in [0.25, 0.3) is 21.5 Å². The number of amides is 1. The molecular formula is C20H16ClN5OS. The molecule has 0 spiro atoms. The van der Waals surface area contributed by atoms with Crippen molar-refractivity contribution < 1.29 is 4.79 Å². The summed E-state index contributed by atoms with van der Waals surface area (Å²) >= 11 is 7.48. The van der Waals surface area contributed by atoms with E-state index in [1.165, 1.54) is 11.3 Å². The molecule has 0 saturated heterocycles. The van der Waals surface area contributed by atoms with Crippen molar-refractivity contribution in [3.63, 3.8) is 0 Å². The van der Waals surface area contributed by atoms with Gasteiger partial charge in [0, 0.05) is 16.8 Å². The van der Waals surface area contributed by atoms with Crippen LogP contribution in [-0.4, -0.2) is 20.9 Å². The summed E-state index contributed by atoms with van der Waals surface area (Å²) in [6, 6.07) is 14.9. The summed E-state index contributed by atoms with van der Waals surface area (Å²) in [7, 11) is 0.